The molecule has 24 heavy (non-hydrogen) atoms. The lowest BCUT2D eigenvalue weighted by molar-refractivity contribution is -0.396. The van der Waals surface area contributed by atoms with E-state index >= 15 is 0 Å². The van der Waals surface area contributed by atoms with Gasteiger partial charge in [0.05, 0.1) is 11.9 Å². The normalized spacial score (nSPS) is 15.1. The number of alkyl halides is 9. The van der Waals surface area contributed by atoms with Gasteiger partial charge in [0.25, 0.3) is 0 Å². The van der Waals surface area contributed by atoms with E-state index < -0.39 is 59.9 Å². The van der Waals surface area contributed by atoms with E-state index in [1.807, 2.05) is 0 Å². The van der Waals surface area contributed by atoms with Crippen LogP contribution in [0.15, 0.2) is 11.1 Å². The summed E-state index contributed by atoms with van der Waals surface area (Å²) in [6, 6.07) is 0. The third kappa shape index (κ3) is 3.93. The maximum atomic E-state index is 13.2. The first-order valence-corrected chi connectivity index (χ1v) is 5.72. The van der Waals surface area contributed by atoms with Crippen LogP contribution < -0.4 is 10.2 Å². The maximum Gasteiger partial charge on any atom is 0.460 e. The number of rotatable bonds is 7. The fourth-order valence-corrected chi connectivity index (χ4v) is 1.41. The minimum Gasteiger partial charge on any atom is -0.545 e. The summed E-state index contributed by atoms with van der Waals surface area (Å²) in [7, 11) is 0. The summed E-state index contributed by atoms with van der Waals surface area (Å²) < 4.78 is 113. The Balaban J connectivity index is 5.68. The average molecular weight is 374 g/mol. The lowest BCUT2D eigenvalue weighted by Gasteiger charge is -2.34. The van der Waals surface area contributed by atoms with Gasteiger partial charge in [0.2, 0.25) is 0 Å². The van der Waals surface area contributed by atoms with E-state index in [9.17, 15) is 59.3 Å². The van der Waals surface area contributed by atoms with Gasteiger partial charge in [0.15, 0.2) is 0 Å². The Labute approximate surface area is 127 Å². The summed E-state index contributed by atoms with van der Waals surface area (Å²) in [5.74, 6) is -24.7. The van der Waals surface area contributed by atoms with E-state index in [1.165, 1.54) is 0 Å². The van der Waals surface area contributed by atoms with Gasteiger partial charge >= 0.3 is 23.9 Å². The number of carbonyl (C=O) groups is 2. The summed E-state index contributed by atoms with van der Waals surface area (Å²) in [5.41, 5.74) is -2.75. The zero-order valence-corrected chi connectivity index (χ0v) is 11.4. The van der Waals surface area contributed by atoms with Crippen molar-refractivity contribution in [2.24, 2.45) is 0 Å². The van der Waals surface area contributed by atoms with Crippen molar-refractivity contribution in [3.63, 3.8) is 0 Å². The van der Waals surface area contributed by atoms with Crippen molar-refractivity contribution in [1.82, 2.24) is 0 Å². The smallest absolute Gasteiger partial charge is 0.460 e. The van der Waals surface area contributed by atoms with E-state index in [4.69, 9.17) is 0 Å². The quantitative estimate of drug-likeness (QED) is 0.493. The van der Waals surface area contributed by atoms with Gasteiger partial charge in [-0.2, -0.15) is 39.5 Å². The van der Waals surface area contributed by atoms with Gasteiger partial charge in [-0.1, -0.05) is 0 Å². The summed E-state index contributed by atoms with van der Waals surface area (Å²) >= 11 is 0. The lowest BCUT2D eigenvalue weighted by atomic mass is 9.95. The fraction of sp³-hybridized carbons (Fsp3) is 0.636. The minimum atomic E-state index is -7.11. The molecule has 0 radical (unpaired) electrons. The van der Waals surface area contributed by atoms with Crippen LogP contribution in [0.1, 0.15) is 19.8 Å². The van der Waals surface area contributed by atoms with Gasteiger partial charge < -0.3 is 19.8 Å². The SMILES string of the molecule is C/C(C(=O)[O-])=C(/CCC(F)(F)C(F)(F)C(F)(F)C(F)(F)F)C(=O)[O-]. The molecule has 0 unspecified atom stereocenters. The molecule has 0 aromatic carbocycles. The Kier molecular flexibility index (Phi) is 5.98. The Morgan fingerprint density at radius 2 is 1.21 bits per heavy atom. The molecular weight excluding hydrogens is 367 g/mol. The van der Waals surface area contributed by atoms with Crippen LogP contribution >= 0.6 is 0 Å². The first kappa shape index (κ1) is 22.1. The standard InChI is InChI=1S/C11H9F9O4/c1-4(6(21)22)5(7(23)24)2-3-8(12,13)9(14,15)10(16,17)11(18,19)20/h2-3H2,1H3,(H,21,22)(H,23,24)/p-2/b5-4+. The third-order valence-electron chi connectivity index (χ3n) is 2.90. The molecule has 0 aromatic heterocycles. The van der Waals surface area contributed by atoms with E-state index in [1.54, 1.807) is 0 Å². The molecule has 0 rings (SSSR count). The van der Waals surface area contributed by atoms with Crippen molar-refractivity contribution in [2.75, 3.05) is 0 Å². The summed E-state index contributed by atoms with van der Waals surface area (Å²) in [6.07, 6.45) is -11.3. The molecule has 0 bridgehead atoms. The predicted molar refractivity (Wildman–Crippen MR) is 52.8 cm³/mol. The van der Waals surface area contributed by atoms with Gasteiger partial charge in [0, 0.05) is 6.42 Å². The van der Waals surface area contributed by atoms with Crippen LogP contribution in [0.4, 0.5) is 39.5 Å². The summed E-state index contributed by atoms with van der Waals surface area (Å²) in [6.45, 7) is 0.501. The number of carbonyl (C=O) groups excluding carboxylic acids is 2. The largest absolute Gasteiger partial charge is 0.545 e. The van der Waals surface area contributed by atoms with Gasteiger partial charge in [-0.05, 0) is 24.5 Å². The van der Waals surface area contributed by atoms with Crippen LogP contribution in [0.25, 0.3) is 0 Å². The van der Waals surface area contributed by atoms with Crippen LogP contribution in [0.5, 0.6) is 0 Å². The molecule has 0 N–H and O–H groups in total. The molecule has 0 aliphatic heterocycles. The van der Waals surface area contributed by atoms with Crippen molar-refractivity contribution < 1.29 is 59.3 Å². The highest BCUT2D eigenvalue weighted by atomic mass is 19.4. The van der Waals surface area contributed by atoms with Crippen LogP contribution in [-0.2, 0) is 9.59 Å². The molecule has 0 atom stereocenters. The number of hydrogen-bond donors (Lipinski definition) is 0. The Morgan fingerprint density at radius 1 is 0.792 bits per heavy atom. The second-order valence-corrected chi connectivity index (χ2v) is 4.53. The van der Waals surface area contributed by atoms with Gasteiger partial charge in [-0.25, -0.2) is 0 Å². The summed E-state index contributed by atoms with van der Waals surface area (Å²) in [5, 5.41) is 20.9. The second-order valence-electron chi connectivity index (χ2n) is 4.53. The number of carboxylic acid groups (broad SMARTS) is 2. The van der Waals surface area contributed by atoms with E-state index in [0.29, 0.717) is 6.92 Å². The van der Waals surface area contributed by atoms with E-state index in [-0.39, 0.29) is 0 Å². The molecule has 0 fully saturated rings. The summed E-state index contributed by atoms with van der Waals surface area (Å²) in [4.78, 5) is 20.9. The molecule has 0 aromatic rings. The maximum absolute atomic E-state index is 13.2. The van der Waals surface area contributed by atoms with Crippen LogP contribution in [0.3, 0.4) is 0 Å². The zero-order valence-electron chi connectivity index (χ0n) is 11.4. The molecule has 0 aliphatic carbocycles. The molecule has 4 nitrogen and oxygen atoms in total. The first-order valence-electron chi connectivity index (χ1n) is 5.72. The van der Waals surface area contributed by atoms with E-state index in [2.05, 4.69) is 0 Å². The van der Waals surface area contributed by atoms with Gasteiger partial charge in [0.1, 0.15) is 0 Å². The minimum absolute atomic E-state index is 0.501. The fourth-order valence-electron chi connectivity index (χ4n) is 1.41. The number of hydrogen-bond acceptors (Lipinski definition) is 4. The van der Waals surface area contributed by atoms with Gasteiger partial charge in [-0.3, -0.25) is 0 Å². The first-order chi connectivity index (χ1) is 10.4. The molecule has 0 saturated heterocycles. The Bertz CT molecular complexity index is 548. The molecule has 13 heteroatoms. The third-order valence-corrected chi connectivity index (χ3v) is 2.90. The van der Waals surface area contributed by atoms with E-state index in [0.717, 1.165) is 0 Å². The van der Waals surface area contributed by atoms with Crippen LogP contribution in [0, 0.1) is 0 Å². The van der Waals surface area contributed by atoms with Crippen molar-refractivity contribution in [1.29, 1.82) is 0 Å². The van der Waals surface area contributed by atoms with Crippen molar-refractivity contribution in [2.45, 2.75) is 43.7 Å². The topological polar surface area (TPSA) is 80.3 Å². The van der Waals surface area contributed by atoms with Crippen molar-refractivity contribution in [3.05, 3.63) is 11.1 Å². The molecule has 0 amide bonds. The monoisotopic (exact) mass is 374 g/mol. The number of halogens is 9. The van der Waals surface area contributed by atoms with Crippen molar-refractivity contribution in [3.8, 4) is 0 Å². The van der Waals surface area contributed by atoms with Gasteiger partial charge in [-0.15, -0.1) is 0 Å². The lowest BCUT2D eigenvalue weighted by Crippen LogP contribution is -2.60. The molecular formula is C11H7F9O4-2. The van der Waals surface area contributed by atoms with Crippen LogP contribution in [-0.4, -0.2) is 35.9 Å². The highest BCUT2D eigenvalue weighted by Gasteiger charge is 2.81. The number of aliphatic carboxylic acids is 2. The molecule has 140 valence electrons. The second kappa shape index (κ2) is 6.51. The molecule has 0 saturated carbocycles. The predicted octanol–water partition coefficient (Wildman–Crippen LogP) is 1.05. The van der Waals surface area contributed by atoms with Crippen LogP contribution in [0.2, 0.25) is 0 Å². The molecule has 0 heterocycles. The van der Waals surface area contributed by atoms with Crippen molar-refractivity contribution >= 4 is 11.9 Å². The Morgan fingerprint density at radius 3 is 1.50 bits per heavy atom. The average Bonchev–Trinajstić information content (AvgIpc) is 2.35. The highest BCUT2D eigenvalue weighted by Crippen LogP contribution is 2.54. The number of carboxylic acids is 2. The molecule has 0 spiro atoms. The molecule has 0 aliphatic rings. The Hall–Kier alpha value is -1.95. The highest BCUT2D eigenvalue weighted by molar-refractivity contribution is 5.96. The zero-order chi connectivity index (χ0) is 19.7.